The first-order valence-corrected chi connectivity index (χ1v) is 6.94. The number of ether oxygens (including phenoxy) is 1. The number of nitrogens with two attached hydrogens (primary N) is 1. The molecule has 0 saturated carbocycles. The van der Waals surface area contributed by atoms with E-state index in [1.807, 2.05) is 30.5 Å². The monoisotopic (exact) mass is 310 g/mol. The number of benzene rings is 1. The lowest BCUT2D eigenvalue weighted by atomic mass is 10.3. The summed E-state index contributed by atoms with van der Waals surface area (Å²) in [5.74, 6) is 1.15. The van der Waals surface area contributed by atoms with Crippen LogP contribution in [0.1, 0.15) is 0 Å². The van der Waals surface area contributed by atoms with Gasteiger partial charge in [-0.2, -0.15) is 0 Å². The molecule has 1 heterocycles. The van der Waals surface area contributed by atoms with E-state index >= 15 is 0 Å². The third kappa shape index (κ3) is 3.14. The van der Waals surface area contributed by atoms with Gasteiger partial charge in [0.2, 0.25) is 5.88 Å². The van der Waals surface area contributed by atoms with E-state index in [1.54, 1.807) is 24.0 Å². The standard InChI is InChI=1S/C12H11BrN2OS/c1-17-10-4-2-9(3-5-10)16-12-11(14)6-8(13)7-15-12/h2-7H,14H2,1H3. The summed E-state index contributed by atoms with van der Waals surface area (Å²) in [7, 11) is 0. The molecule has 2 N–H and O–H groups in total. The Kier molecular flexibility index (Phi) is 3.91. The van der Waals surface area contributed by atoms with Crippen molar-refractivity contribution >= 4 is 33.4 Å². The predicted molar refractivity (Wildman–Crippen MR) is 74.6 cm³/mol. The van der Waals surface area contributed by atoms with Gasteiger partial charge in [-0.05, 0) is 52.5 Å². The van der Waals surface area contributed by atoms with Gasteiger partial charge >= 0.3 is 0 Å². The summed E-state index contributed by atoms with van der Waals surface area (Å²) in [6, 6.07) is 9.55. The minimum absolute atomic E-state index is 0.421. The molecule has 0 saturated heterocycles. The number of nitrogen functional groups attached to an aromatic ring is 1. The van der Waals surface area contributed by atoms with Crippen LogP contribution in [0.3, 0.4) is 0 Å². The molecule has 3 nitrogen and oxygen atoms in total. The Labute approximate surface area is 113 Å². The second-order valence-corrected chi connectivity index (χ2v) is 5.12. The van der Waals surface area contributed by atoms with Gasteiger partial charge in [-0.1, -0.05) is 0 Å². The maximum Gasteiger partial charge on any atom is 0.242 e. The van der Waals surface area contributed by atoms with Crippen molar-refractivity contribution in [2.75, 3.05) is 12.0 Å². The highest BCUT2D eigenvalue weighted by molar-refractivity contribution is 9.10. The van der Waals surface area contributed by atoms with Crippen LogP contribution in [-0.2, 0) is 0 Å². The molecule has 0 radical (unpaired) electrons. The normalized spacial score (nSPS) is 10.2. The molecule has 1 aromatic carbocycles. The molecule has 2 rings (SSSR count). The maximum atomic E-state index is 5.80. The fourth-order valence-corrected chi connectivity index (χ4v) is 2.04. The van der Waals surface area contributed by atoms with E-state index in [1.165, 1.54) is 4.90 Å². The Morgan fingerprint density at radius 1 is 1.29 bits per heavy atom. The van der Waals surface area contributed by atoms with Crippen molar-refractivity contribution in [1.29, 1.82) is 0 Å². The van der Waals surface area contributed by atoms with E-state index in [4.69, 9.17) is 10.5 Å². The van der Waals surface area contributed by atoms with Crippen molar-refractivity contribution in [3.63, 3.8) is 0 Å². The molecule has 1 aromatic heterocycles. The molecule has 5 heteroatoms. The fraction of sp³-hybridized carbons (Fsp3) is 0.0833. The summed E-state index contributed by atoms with van der Waals surface area (Å²) < 4.78 is 6.43. The lowest BCUT2D eigenvalue weighted by Gasteiger charge is -2.07. The zero-order valence-electron chi connectivity index (χ0n) is 9.18. The SMILES string of the molecule is CSc1ccc(Oc2ncc(Br)cc2N)cc1. The highest BCUT2D eigenvalue weighted by Crippen LogP contribution is 2.28. The van der Waals surface area contributed by atoms with E-state index in [9.17, 15) is 0 Å². The second-order valence-electron chi connectivity index (χ2n) is 3.33. The van der Waals surface area contributed by atoms with Gasteiger partial charge in [-0.25, -0.2) is 4.98 Å². The summed E-state index contributed by atoms with van der Waals surface area (Å²) in [5, 5.41) is 0. The number of aromatic nitrogens is 1. The zero-order chi connectivity index (χ0) is 12.3. The highest BCUT2D eigenvalue weighted by atomic mass is 79.9. The predicted octanol–water partition coefficient (Wildman–Crippen LogP) is 3.94. The Bertz CT molecular complexity index is 516. The van der Waals surface area contributed by atoms with Crippen molar-refractivity contribution in [1.82, 2.24) is 4.98 Å². The number of halogens is 1. The smallest absolute Gasteiger partial charge is 0.242 e. The topological polar surface area (TPSA) is 48.1 Å². The molecule has 0 amide bonds. The summed E-state index contributed by atoms with van der Waals surface area (Å²) >= 11 is 4.99. The first kappa shape index (κ1) is 12.3. The van der Waals surface area contributed by atoms with Crippen molar-refractivity contribution < 1.29 is 4.74 Å². The molecule has 2 aromatic rings. The van der Waals surface area contributed by atoms with Crippen LogP contribution in [0.25, 0.3) is 0 Å². The Morgan fingerprint density at radius 2 is 2.00 bits per heavy atom. The molecule has 0 aliphatic rings. The fourth-order valence-electron chi connectivity index (χ4n) is 1.28. The van der Waals surface area contributed by atoms with E-state index in [0.29, 0.717) is 11.6 Å². The van der Waals surface area contributed by atoms with Crippen LogP contribution in [0.4, 0.5) is 5.69 Å². The number of hydrogen-bond acceptors (Lipinski definition) is 4. The maximum absolute atomic E-state index is 5.80. The zero-order valence-corrected chi connectivity index (χ0v) is 11.6. The van der Waals surface area contributed by atoms with Crippen molar-refractivity contribution in [3.05, 3.63) is 41.0 Å². The first-order chi connectivity index (χ1) is 8.19. The number of pyridine rings is 1. The first-order valence-electron chi connectivity index (χ1n) is 4.92. The number of thioether (sulfide) groups is 1. The molecular weight excluding hydrogens is 300 g/mol. The van der Waals surface area contributed by atoms with Crippen LogP contribution in [-0.4, -0.2) is 11.2 Å². The average molecular weight is 311 g/mol. The van der Waals surface area contributed by atoms with Crippen LogP contribution in [0, 0.1) is 0 Å². The third-order valence-electron chi connectivity index (χ3n) is 2.12. The minimum atomic E-state index is 0.421. The molecular formula is C12H11BrN2OS. The molecule has 0 bridgehead atoms. The van der Waals surface area contributed by atoms with Crippen LogP contribution < -0.4 is 10.5 Å². The molecule has 0 aliphatic carbocycles. The molecule has 0 unspecified atom stereocenters. The van der Waals surface area contributed by atoms with Crippen molar-refractivity contribution in [2.45, 2.75) is 4.90 Å². The van der Waals surface area contributed by atoms with Crippen LogP contribution >= 0.6 is 27.7 Å². The van der Waals surface area contributed by atoms with Gasteiger partial charge in [-0.15, -0.1) is 11.8 Å². The van der Waals surface area contributed by atoms with Gasteiger partial charge < -0.3 is 10.5 Å². The van der Waals surface area contributed by atoms with Crippen LogP contribution in [0.5, 0.6) is 11.6 Å². The summed E-state index contributed by atoms with van der Waals surface area (Å²) in [5.41, 5.74) is 6.31. The number of nitrogens with zero attached hydrogens (tertiary/aromatic N) is 1. The molecule has 88 valence electrons. The molecule has 0 fully saturated rings. The Balaban J connectivity index is 2.19. The summed E-state index contributed by atoms with van der Waals surface area (Å²) in [6.45, 7) is 0. The van der Waals surface area contributed by atoms with E-state index in [2.05, 4.69) is 20.9 Å². The van der Waals surface area contributed by atoms with Gasteiger partial charge in [-0.3, -0.25) is 0 Å². The molecule has 0 aliphatic heterocycles. The van der Waals surface area contributed by atoms with E-state index in [0.717, 1.165) is 10.2 Å². The highest BCUT2D eigenvalue weighted by Gasteiger charge is 2.04. The number of hydrogen-bond donors (Lipinski definition) is 1. The minimum Gasteiger partial charge on any atom is -0.437 e. The van der Waals surface area contributed by atoms with E-state index in [-0.39, 0.29) is 0 Å². The lowest BCUT2D eigenvalue weighted by molar-refractivity contribution is 0.465. The lowest BCUT2D eigenvalue weighted by Crippen LogP contribution is -1.94. The van der Waals surface area contributed by atoms with E-state index < -0.39 is 0 Å². The number of rotatable bonds is 3. The average Bonchev–Trinajstić information content (AvgIpc) is 2.34. The number of anilines is 1. The largest absolute Gasteiger partial charge is 0.437 e. The van der Waals surface area contributed by atoms with Gasteiger partial charge in [0.1, 0.15) is 5.75 Å². The Hall–Kier alpha value is -1.20. The Morgan fingerprint density at radius 3 is 2.59 bits per heavy atom. The van der Waals surface area contributed by atoms with Gasteiger partial charge in [0, 0.05) is 15.6 Å². The summed E-state index contributed by atoms with van der Waals surface area (Å²) in [6.07, 6.45) is 3.69. The van der Waals surface area contributed by atoms with Gasteiger partial charge in [0.25, 0.3) is 0 Å². The third-order valence-corrected chi connectivity index (χ3v) is 3.30. The van der Waals surface area contributed by atoms with Crippen LogP contribution in [0.15, 0.2) is 45.9 Å². The molecule has 0 atom stereocenters. The van der Waals surface area contributed by atoms with Crippen molar-refractivity contribution in [3.8, 4) is 11.6 Å². The van der Waals surface area contributed by atoms with Crippen LogP contribution in [0.2, 0.25) is 0 Å². The van der Waals surface area contributed by atoms with Gasteiger partial charge in [0.05, 0.1) is 5.69 Å². The summed E-state index contributed by atoms with van der Waals surface area (Å²) in [4.78, 5) is 5.31. The molecule has 17 heavy (non-hydrogen) atoms. The van der Waals surface area contributed by atoms with Gasteiger partial charge in [0.15, 0.2) is 0 Å². The van der Waals surface area contributed by atoms with Crippen molar-refractivity contribution in [2.24, 2.45) is 0 Å². The quantitative estimate of drug-likeness (QED) is 0.872. The second kappa shape index (κ2) is 5.42. The molecule has 0 spiro atoms.